The van der Waals surface area contributed by atoms with E-state index < -0.39 is 12.1 Å². The molecular formula is C24H31N3O3. The smallest absolute Gasteiger partial charge is 0.304 e. The molecular weight excluding hydrogens is 378 g/mol. The Bertz CT molecular complexity index is 785. The summed E-state index contributed by atoms with van der Waals surface area (Å²) in [5, 5.41) is 2.89. The summed E-state index contributed by atoms with van der Waals surface area (Å²) in [6.07, 6.45) is 14.1. The summed E-state index contributed by atoms with van der Waals surface area (Å²) in [4.78, 5) is 31.3. The van der Waals surface area contributed by atoms with Crippen LogP contribution in [0, 0.1) is 23.7 Å². The lowest BCUT2D eigenvalue weighted by Gasteiger charge is -2.12. The van der Waals surface area contributed by atoms with Gasteiger partial charge in [0.25, 0.3) is 5.91 Å². The van der Waals surface area contributed by atoms with Crippen LogP contribution in [0.15, 0.2) is 31.2 Å². The molecule has 0 aliphatic carbocycles. The molecule has 1 aromatic heterocycles. The van der Waals surface area contributed by atoms with E-state index in [1.165, 1.54) is 63.7 Å². The van der Waals surface area contributed by atoms with Gasteiger partial charge in [0.05, 0.1) is 12.2 Å². The lowest BCUT2D eigenvalue weighted by molar-refractivity contribution is -0.142. The summed E-state index contributed by atoms with van der Waals surface area (Å²) >= 11 is 0. The van der Waals surface area contributed by atoms with Crippen LogP contribution in [-0.4, -0.2) is 34.0 Å². The van der Waals surface area contributed by atoms with E-state index in [0.717, 1.165) is 19.3 Å². The van der Waals surface area contributed by atoms with Gasteiger partial charge in [0.1, 0.15) is 5.69 Å². The second kappa shape index (κ2) is 15.8. The third-order valence-electron chi connectivity index (χ3n) is 4.23. The molecule has 0 spiro atoms. The molecule has 0 aliphatic heterocycles. The monoisotopic (exact) mass is 409 g/mol. The van der Waals surface area contributed by atoms with E-state index in [1.807, 2.05) is 0 Å². The highest BCUT2D eigenvalue weighted by Crippen LogP contribution is 2.10. The first kappa shape index (κ1) is 24.9. The first-order valence-corrected chi connectivity index (χ1v) is 10.4. The third kappa shape index (κ3) is 11.7. The lowest BCUT2D eigenvalue weighted by atomic mass is 10.0. The number of rotatable bonds is 12. The second-order valence-corrected chi connectivity index (χ2v) is 6.83. The van der Waals surface area contributed by atoms with Crippen molar-refractivity contribution in [3.63, 3.8) is 0 Å². The minimum Gasteiger partial charge on any atom is -0.445 e. The third-order valence-corrected chi connectivity index (χ3v) is 4.23. The first-order chi connectivity index (χ1) is 14.6. The Hall–Kier alpha value is -3.12. The van der Waals surface area contributed by atoms with Crippen LogP contribution >= 0.6 is 0 Å². The van der Waals surface area contributed by atoms with Crippen LogP contribution in [-0.2, 0) is 9.53 Å². The molecule has 30 heavy (non-hydrogen) atoms. The van der Waals surface area contributed by atoms with Crippen LogP contribution in [0.4, 0.5) is 0 Å². The van der Waals surface area contributed by atoms with Crippen molar-refractivity contribution in [2.24, 2.45) is 0 Å². The van der Waals surface area contributed by atoms with Crippen LogP contribution in [0.3, 0.4) is 0 Å². The molecule has 0 radical (unpaired) electrons. The van der Waals surface area contributed by atoms with Gasteiger partial charge in [-0.2, -0.15) is 0 Å². The van der Waals surface area contributed by atoms with E-state index in [4.69, 9.17) is 4.74 Å². The first-order valence-electron chi connectivity index (χ1n) is 10.4. The van der Waals surface area contributed by atoms with Crippen molar-refractivity contribution in [2.75, 3.05) is 0 Å². The predicted octanol–water partition coefficient (Wildman–Crippen LogP) is 3.84. The Balaban J connectivity index is 2.67. The molecule has 6 nitrogen and oxygen atoms in total. The summed E-state index contributed by atoms with van der Waals surface area (Å²) in [5.74, 6) is 10.4. The molecule has 160 valence electrons. The highest BCUT2D eigenvalue weighted by atomic mass is 16.5. The number of hydrogen-bond donors (Lipinski definition) is 1. The number of hydrogen-bond acceptors (Lipinski definition) is 5. The van der Waals surface area contributed by atoms with Gasteiger partial charge in [0.2, 0.25) is 0 Å². The molecule has 0 fully saturated rings. The minimum absolute atomic E-state index is 0.247. The van der Waals surface area contributed by atoms with Crippen LogP contribution in [0.25, 0.3) is 0 Å². The highest BCUT2D eigenvalue weighted by molar-refractivity contribution is 5.92. The van der Waals surface area contributed by atoms with Crippen molar-refractivity contribution in [1.82, 2.24) is 15.3 Å². The largest absolute Gasteiger partial charge is 0.445 e. The zero-order valence-electron chi connectivity index (χ0n) is 17.9. The average Bonchev–Trinajstić information content (AvgIpc) is 2.75. The van der Waals surface area contributed by atoms with E-state index in [9.17, 15) is 9.59 Å². The maximum Gasteiger partial charge on any atom is 0.304 e. The highest BCUT2D eigenvalue weighted by Gasteiger charge is 2.12. The number of nitrogens with one attached hydrogen (secondary N) is 1. The SMILES string of the molecule is C=C[C@@H](C#CC#C[C@@H](CCCCCCCCC)NC(=O)c1cnccn1)OC(C)=O. The van der Waals surface area contributed by atoms with Crippen molar-refractivity contribution < 1.29 is 14.3 Å². The quantitative estimate of drug-likeness (QED) is 0.245. The van der Waals surface area contributed by atoms with Gasteiger partial charge in [-0.15, -0.1) is 0 Å². The van der Waals surface area contributed by atoms with Crippen molar-refractivity contribution in [3.8, 4) is 23.7 Å². The predicted molar refractivity (Wildman–Crippen MR) is 117 cm³/mol. The molecule has 2 atom stereocenters. The Morgan fingerprint density at radius 2 is 1.83 bits per heavy atom. The van der Waals surface area contributed by atoms with Gasteiger partial charge in [-0.3, -0.25) is 14.6 Å². The topological polar surface area (TPSA) is 81.2 Å². The minimum atomic E-state index is -0.701. The van der Waals surface area contributed by atoms with E-state index in [1.54, 1.807) is 0 Å². The Labute approximate surface area is 179 Å². The normalized spacial score (nSPS) is 11.7. The van der Waals surface area contributed by atoms with E-state index >= 15 is 0 Å². The van der Waals surface area contributed by atoms with E-state index in [-0.39, 0.29) is 17.6 Å². The summed E-state index contributed by atoms with van der Waals surface area (Å²) in [5.41, 5.74) is 0.247. The number of aromatic nitrogens is 2. The molecule has 0 aliphatic rings. The Kier molecular flexibility index (Phi) is 13.1. The molecule has 0 aromatic carbocycles. The molecule has 0 bridgehead atoms. The van der Waals surface area contributed by atoms with Gasteiger partial charge in [-0.25, -0.2) is 4.98 Å². The average molecular weight is 410 g/mol. The van der Waals surface area contributed by atoms with Crippen LogP contribution in [0.2, 0.25) is 0 Å². The number of carbonyl (C=O) groups is 2. The number of ether oxygens (including phenoxy) is 1. The fraction of sp³-hybridized carbons (Fsp3) is 0.500. The van der Waals surface area contributed by atoms with Crippen LogP contribution < -0.4 is 5.32 Å². The number of amides is 1. The summed E-state index contributed by atoms with van der Waals surface area (Å²) in [6, 6.07) is -0.347. The fourth-order valence-electron chi connectivity index (χ4n) is 2.68. The zero-order chi connectivity index (χ0) is 22.0. The molecule has 1 amide bonds. The summed E-state index contributed by atoms with van der Waals surface area (Å²) in [7, 11) is 0. The van der Waals surface area contributed by atoms with Gasteiger partial charge >= 0.3 is 5.97 Å². The summed E-state index contributed by atoms with van der Waals surface area (Å²) < 4.78 is 4.97. The maximum absolute atomic E-state index is 12.4. The van der Waals surface area contributed by atoms with Crippen molar-refractivity contribution >= 4 is 11.9 Å². The number of carbonyl (C=O) groups excluding carboxylic acids is 2. The molecule has 0 saturated carbocycles. The lowest BCUT2D eigenvalue weighted by Crippen LogP contribution is -2.34. The van der Waals surface area contributed by atoms with Gasteiger partial charge in [-0.1, -0.05) is 64.4 Å². The summed E-state index contributed by atoms with van der Waals surface area (Å²) in [6.45, 7) is 7.09. The van der Waals surface area contributed by atoms with Gasteiger partial charge in [0.15, 0.2) is 6.10 Å². The van der Waals surface area contributed by atoms with E-state index in [2.05, 4.69) is 52.5 Å². The number of unbranched alkanes of at least 4 members (excludes halogenated alkanes) is 6. The van der Waals surface area contributed by atoms with Crippen molar-refractivity contribution in [1.29, 1.82) is 0 Å². The van der Waals surface area contributed by atoms with Crippen LogP contribution in [0.5, 0.6) is 0 Å². The van der Waals surface area contributed by atoms with Crippen LogP contribution in [0.1, 0.15) is 75.7 Å². The Morgan fingerprint density at radius 1 is 1.13 bits per heavy atom. The maximum atomic E-state index is 12.4. The van der Waals surface area contributed by atoms with Crippen molar-refractivity contribution in [2.45, 2.75) is 77.4 Å². The second-order valence-electron chi connectivity index (χ2n) is 6.83. The molecule has 0 saturated heterocycles. The molecule has 1 N–H and O–H groups in total. The van der Waals surface area contributed by atoms with Gasteiger partial charge in [-0.05, 0) is 30.3 Å². The van der Waals surface area contributed by atoms with Crippen molar-refractivity contribution in [3.05, 3.63) is 36.9 Å². The fourth-order valence-corrected chi connectivity index (χ4v) is 2.68. The number of nitrogens with zero attached hydrogens (tertiary/aromatic N) is 2. The van der Waals surface area contributed by atoms with Gasteiger partial charge < -0.3 is 10.1 Å². The number of esters is 1. The Morgan fingerprint density at radius 3 is 2.47 bits per heavy atom. The molecule has 1 aromatic rings. The molecule has 0 unspecified atom stereocenters. The zero-order valence-corrected chi connectivity index (χ0v) is 17.9. The molecule has 1 rings (SSSR count). The van der Waals surface area contributed by atoms with E-state index in [0.29, 0.717) is 0 Å². The van der Waals surface area contributed by atoms with Gasteiger partial charge in [0, 0.05) is 19.3 Å². The molecule has 6 heteroatoms. The molecule has 1 heterocycles. The standard InChI is InChI=1S/C24H31N3O3/c1-4-6-7-8-9-10-11-14-21(27-24(29)23-19-25-17-18-26-23)15-12-13-16-22(5-2)30-20(3)28/h5,17-19,21-22H,2,4,6-11,14H2,1,3H3,(H,27,29)/t21-,22+/m1/s1.